The predicted octanol–water partition coefficient (Wildman–Crippen LogP) is 3.13. The van der Waals surface area contributed by atoms with Crippen molar-refractivity contribution in [2.24, 2.45) is 5.92 Å². The summed E-state index contributed by atoms with van der Waals surface area (Å²) >= 11 is 3.53. The topological polar surface area (TPSA) is 54.0 Å². The average Bonchev–Trinajstić information content (AvgIpc) is 3.05. The van der Waals surface area contributed by atoms with Crippen LogP contribution in [-0.2, 0) is 4.79 Å². The fraction of sp³-hybridized carbons (Fsp3) is 0.412. The molecule has 0 radical (unpaired) electrons. The van der Waals surface area contributed by atoms with E-state index in [9.17, 15) is 4.79 Å². The standard InChI is InChI=1S/C17H19N3OS2/c1-9-3-4-12-13(7-9)22-17(20-12)15-11-5-6-18-8-14(11)23-16(15)19-10(2)21/h3-4,7,11,14,18H,5-6,8H2,1-2H3,(H,19,21). The maximum absolute atomic E-state index is 11.6. The van der Waals surface area contributed by atoms with Crippen LogP contribution >= 0.6 is 23.1 Å². The Morgan fingerprint density at radius 2 is 2.30 bits per heavy atom. The number of carbonyl (C=O) groups is 1. The van der Waals surface area contributed by atoms with Gasteiger partial charge in [0.05, 0.1) is 15.2 Å². The minimum absolute atomic E-state index is 0.00596. The molecule has 4 nitrogen and oxygen atoms in total. The molecule has 0 saturated carbocycles. The minimum Gasteiger partial charge on any atom is -0.321 e. The summed E-state index contributed by atoms with van der Waals surface area (Å²) < 4.78 is 1.22. The van der Waals surface area contributed by atoms with Crippen LogP contribution in [0.25, 0.3) is 15.8 Å². The number of carbonyl (C=O) groups excluding carboxylic acids is 1. The lowest BCUT2D eigenvalue weighted by molar-refractivity contribution is -0.118. The number of aromatic nitrogens is 1. The summed E-state index contributed by atoms with van der Waals surface area (Å²) in [5.41, 5.74) is 3.55. The SMILES string of the molecule is CC(=O)NC1=C(c2nc3ccc(C)cc3s2)C2CCNCC2S1. The van der Waals surface area contributed by atoms with Crippen LogP contribution in [0.4, 0.5) is 0 Å². The molecular formula is C17H19N3OS2. The van der Waals surface area contributed by atoms with Gasteiger partial charge in [-0.1, -0.05) is 6.07 Å². The summed E-state index contributed by atoms with van der Waals surface area (Å²) in [7, 11) is 0. The highest BCUT2D eigenvalue weighted by molar-refractivity contribution is 8.04. The van der Waals surface area contributed by atoms with Gasteiger partial charge in [0.15, 0.2) is 0 Å². The summed E-state index contributed by atoms with van der Waals surface area (Å²) in [6, 6.07) is 6.38. The number of benzene rings is 1. The van der Waals surface area contributed by atoms with Crippen LogP contribution in [0.2, 0.25) is 0 Å². The number of aryl methyl sites for hydroxylation is 1. The van der Waals surface area contributed by atoms with E-state index in [0.29, 0.717) is 11.2 Å². The molecule has 2 atom stereocenters. The fourth-order valence-electron chi connectivity index (χ4n) is 3.33. The van der Waals surface area contributed by atoms with Gasteiger partial charge in [-0.05, 0) is 37.6 Å². The Hall–Kier alpha value is -1.37. The number of thiazole rings is 1. The Morgan fingerprint density at radius 3 is 3.13 bits per heavy atom. The summed E-state index contributed by atoms with van der Waals surface area (Å²) in [4.78, 5) is 16.5. The van der Waals surface area contributed by atoms with E-state index in [1.807, 2.05) is 0 Å². The third-order valence-electron chi connectivity index (χ3n) is 4.37. The van der Waals surface area contributed by atoms with Crippen LogP contribution in [0.15, 0.2) is 23.2 Å². The van der Waals surface area contributed by atoms with Crippen molar-refractivity contribution in [3.8, 4) is 0 Å². The Labute approximate surface area is 143 Å². The molecule has 2 aliphatic heterocycles. The van der Waals surface area contributed by atoms with Gasteiger partial charge in [0.2, 0.25) is 5.91 Å². The highest BCUT2D eigenvalue weighted by Crippen LogP contribution is 2.49. The van der Waals surface area contributed by atoms with Crippen LogP contribution in [-0.4, -0.2) is 29.2 Å². The summed E-state index contributed by atoms with van der Waals surface area (Å²) in [5, 5.41) is 9.07. The molecule has 2 N–H and O–H groups in total. The van der Waals surface area contributed by atoms with Gasteiger partial charge in [0.25, 0.3) is 0 Å². The van der Waals surface area contributed by atoms with E-state index in [4.69, 9.17) is 4.98 Å². The summed E-state index contributed by atoms with van der Waals surface area (Å²) in [6.45, 7) is 5.71. The Bertz CT molecular complexity index is 811. The molecule has 1 fully saturated rings. The van der Waals surface area contributed by atoms with Crippen molar-refractivity contribution in [2.45, 2.75) is 25.5 Å². The third kappa shape index (κ3) is 2.79. The highest BCUT2D eigenvalue weighted by atomic mass is 32.2. The molecule has 1 aromatic carbocycles. The van der Waals surface area contributed by atoms with Gasteiger partial charge in [-0.2, -0.15) is 0 Å². The van der Waals surface area contributed by atoms with Crippen molar-refractivity contribution < 1.29 is 4.79 Å². The van der Waals surface area contributed by atoms with Crippen LogP contribution in [0.5, 0.6) is 0 Å². The van der Waals surface area contributed by atoms with E-state index in [2.05, 4.69) is 35.8 Å². The van der Waals surface area contributed by atoms with E-state index < -0.39 is 0 Å². The molecule has 2 unspecified atom stereocenters. The molecule has 1 amide bonds. The van der Waals surface area contributed by atoms with Gasteiger partial charge in [-0.25, -0.2) is 4.98 Å². The zero-order valence-corrected chi connectivity index (χ0v) is 14.8. The molecule has 23 heavy (non-hydrogen) atoms. The van der Waals surface area contributed by atoms with Crippen molar-refractivity contribution in [2.75, 3.05) is 13.1 Å². The number of nitrogens with zero attached hydrogens (tertiary/aromatic N) is 1. The van der Waals surface area contributed by atoms with Gasteiger partial charge >= 0.3 is 0 Å². The molecule has 0 aliphatic carbocycles. The van der Waals surface area contributed by atoms with Crippen LogP contribution in [0.1, 0.15) is 23.9 Å². The number of allylic oxidation sites excluding steroid dienone is 1. The molecule has 1 saturated heterocycles. The molecule has 4 rings (SSSR count). The number of thioether (sulfide) groups is 1. The summed E-state index contributed by atoms with van der Waals surface area (Å²) in [6.07, 6.45) is 1.10. The smallest absolute Gasteiger partial charge is 0.221 e. The zero-order valence-electron chi connectivity index (χ0n) is 13.2. The lowest BCUT2D eigenvalue weighted by Gasteiger charge is -2.26. The Morgan fingerprint density at radius 1 is 1.43 bits per heavy atom. The van der Waals surface area contributed by atoms with Crippen LogP contribution in [0, 0.1) is 12.8 Å². The van der Waals surface area contributed by atoms with Gasteiger partial charge < -0.3 is 10.6 Å². The second kappa shape index (κ2) is 5.92. The molecule has 6 heteroatoms. The van der Waals surface area contributed by atoms with E-state index in [1.165, 1.54) is 15.8 Å². The van der Waals surface area contributed by atoms with Crippen LogP contribution < -0.4 is 10.6 Å². The molecule has 2 aromatic rings. The normalized spacial score (nSPS) is 24.1. The molecule has 2 aliphatic rings. The average molecular weight is 345 g/mol. The van der Waals surface area contributed by atoms with E-state index in [1.54, 1.807) is 30.0 Å². The van der Waals surface area contributed by atoms with Crippen molar-refractivity contribution in [1.82, 2.24) is 15.6 Å². The molecule has 120 valence electrons. The number of fused-ring (bicyclic) bond motifs is 2. The van der Waals surface area contributed by atoms with Crippen LogP contribution in [0.3, 0.4) is 0 Å². The van der Waals surface area contributed by atoms with Crippen molar-refractivity contribution >= 4 is 44.8 Å². The molecule has 3 heterocycles. The van der Waals surface area contributed by atoms with Gasteiger partial charge in [-0.3, -0.25) is 4.79 Å². The molecule has 1 aromatic heterocycles. The first-order chi connectivity index (χ1) is 11.1. The number of nitrogens with one attached hydrogen (secondary N) is 2. The monoisotopic (exact) mass is 345 g/mol. The Kier molecular flexibility index (Phi) is 3.91. The first-order valence-corrected chi connectivity index (χ1v) is 9.58. The molecule has 0 spiro atoms. The maximum Gasteiger partial charge on any atom is 0.221 e. The second-order valence-electron chi connectivity index (χ2n) is 6.17. The van der Waals surface area contributed by atoms with E-state index >= 15 is 0 Å². The zero-order chi connectivity index (χ0) is 16.0. The van der Waals surface area contributed by atoms with E-state index in [-0.39, 0.29) is 5.91 Å². The molecular weight excluding hydrogens is 326 g/mol. The van der Waals surface area contributed by atoms with Crippen molar-refractivity contribution in [3.63, 3.8) is 0 Å². The van der Waals surface area contributed by atoms with Gasteiger partial charge in [0, 0.05) is 30.2 Å². The maximum atomic E-state index is 11.6. The quantitative estimate of drug-likeness (QED) is 0.878. The number of piperidine rings is 1. The number of rotatable bonds is 2. The first-order valence-electron chi connectivity index (χ1n) is 7.88. The lowest BCUT2D eigenvalue weighted by Crippen LogP contribution is -2.37. The predicted molar refractivity (Wildman–Crippen MR) is 97.4 cm³/mol. The Balaban J connectivity index is 1.81. The fourth-order valence-corrected chi connectivity index (χ4v) is 6.09. The minimum atomic E-state index is -0.00596. The molecule has 0 bridgehead atoms. The number of hydrogen-bond donors (Lipinski definition) is 2. The van der Waals surface area contributed by atoms with Gasteiger partial charge in [-0.15, -0.1) is 23.1 Å². The first kappa shape index (κ1) is 15.2. The number of hydrogen-bond acceptors (Lipinski definition) is 5. The van der Waals surface area contributed by atoms with Crippen molar-refractivity contribution in [1.29, 1.82) is 0 Å². The second-order valence-corrected chi connectivity index (χ2v) is 8.45. The third-order valence-corrected chi connectivity index (χ3v) is 6.78. The number of amides is 1. The lowest BCUT2D eigenvalue weighted by atomic mass is 9.90. The summed E-state index contributed by atoms with van der Waals surface area (Å²) in [5.74, 6) is 0.471. The van der Waals surface area contributed by atoms with Gasteiger partial charge in [0.1, 0.15) is 5.01 Å². The largest absolute Gasteiger partial charge is 0.321 e. The highest BCUT2D eigenvalue weighted by Gasteiger charge is 2.39. The van der Waals surface area contributed by atoms with E-state index in [0.717, 1.165) is 35.1 Å². The van der Waals surface area contributed by atoms with Crippen molar-refractivity contribution in [3.05, 3.63) is 33.8 Å².